The van der Waals surface area contributed by atoms with E-state index in [4.69, 9.17) is 5.73 Å². The molecule has 2 rings (SSSR count). The Morgan fingerprint density at radius 2 is 1.76 bits per heavy atom. The quantitative estimate of drug-likeness (QED) is 0.834. The number of rotatable bonds is 4. The van der Waals surface area contributed by atoms with Gasteiger partial charge in [0.1, 0.15) is 0 Å². The second-order valence-electron chi connectivity index (χ2n) is 7.24. The molecule has 1 amide bonds. The number of carbonyl (C=O) groups excluding carboxylic acids is 1. The molecule has 0 aromatic carbocycles. The summed E-state index contributed by atoms with van der Waals surface area (Å²) in [4.78, 5) is 14.9. The molecular weight excluding hydrogens is 262 g/mol. The second kappa shape index (κ2) is 8.14. The van der Waals surface area contributed by atoms with E-state index in [2.05, 4.69) is 24.1 Å². The zero-order valence-electron chi connectivity index (χ0n) is 13.8. The summed E-state index contributed by atoms with van der Waals surface area (Å²) in [7, 11) is 0. The van der Waals surface area contributed by atoms with E-state index in [1.54, 1.807) is 0 Å². The third-order valence-corrected chi connectivity index (χ3v) is 5.45. The molecule has 1 saturated heterocycles. The van der Waals surface area contributed by atoms with Crippen molar-refractivity contribution >= 4 is 5.91 Å². The summed E-state index contributed by atoms with van der Waals surface area (Å²) in [5.41, 5.74) is 6.14. The number of carbonyl (C=O) groups is 1. The van der Waals surface area contributed by atoms with Crippen LogP contribution in [0, 0.1) is 17.8 Å². The highest BCUT2D eigenvalue weighted by Crippen LogP contribution is 2.32. The Morgan fingerprint density at radius 1 is 1.10 bits per heavy atom. The van der Waals surface area contributed by atoms with Crippen LogP contribution in [-0.4, -0.2) is 43.0 Å². The molecule has 1 heterocycles. The Hall–Kier alpha value is -0.610. The maximum atomic E-state index is 12.4. The minimum atomic E-state index is 0.111. The standard InChI is InChI=1S/C17H33N3O/c1-13-11-14(2)16(18)12-15(13)17(21)19-7-10-20-8-5-3-4-6-9-20/h13-16H,3-12,18H2,1-2H3,(H,19,21). The molecule has 1 aliphatic heterocycles. The Bertz CT molecular complexity index is 326. The fourth-order valence-corrected chi connectivity index (χ4v) is 3.88. The lowest BCUT2D eigenvalue weighted by Crippen LogP contribution is -2.46. The van der Waals surface area contributed by atoms with Crippen molar-refractivity contribution in [2.45, 2.75) is 58.4 Å². The van der Waals surface area contributed by atoms with E-state index >= 15 is 0 Å². The lowest BCUT2D eigenvalue weighted by Gasteiger charge is -2.36. The van der Waals surface area contributed by atoms with Crippen molar-refractivity contribution < 1.29 is 4.79 Å². The highest BCUT2D eigenvalue weighted by Gasteiger charge is 2.34. The maximum absolute atomic E-state index is 12.4. The van der Waals surface area contributed by atoms with Gasteiger partial charge in [-0.25, -0.2) is 0 Å². The Morgan fingerprint density at radius 3 is 2.43 bits per heavy atom. The van der Waals surface area contributed by atoms with Gasteiger partial charge in [0.2, 0.25) is 5.91 Å². The first kappa shape index (κ1) is 16.8. The third kappa shape index (κ3) is 4.96. The van der Waals surface area contributed by atoms with Gasteiger partial charge in [0.15, 0.2) is 0 Å². The minimum absolute atomic E-state index is 0.111. The molecule has 0 aromatic heterocycles. The average Bonchev–Trinajstić information content (AvgIpc) is 2.71. The molecule has 0 spiro atoms. The highest BCUT2D eigenvalue weighted by atomic mass is 16.1. The first-order chi connectivity index (χ1) is 10.1. The number of likely N-dealkylation sites (tertiary alicyclic amines) is 1. The van der Waals surface area contributed by atoms with E-state index in [0.29, 0.717) is 11.8 Å². The zero-order chi connectivity index (χ0) is 15.2. The van der Waals surface area contributed by atoms with Gasteiger partial charge in [-0.2, -0.15) is 0 Å². The Kier molecular flexibility index (Phi) is 6.49. The second-order valence-corrected chi connectivity index (χ2v) is 7.24. The Balaban J connectivity index is 1.71. The summed E-state index contributed by atoms with van der Waals surface area (Å²) < 4.78 is 0. The molecule has 1 aliphatic carbocycles. The van der Waals surface area contributed by atoms with Gasteiger partial charge < -0.3 is 16.0 Å². The maximum Gasteiger partial charge on any atom is 0.223 e. The molecule has 4 nitrogen and oxygen atoms in total. The molecule has 4 atom stereocenters. The van der Waals surface area contributed by atoms with Crippen LogP contribution in [0.1, 0.15) is 52.4 Å². The third-order valence-electron chi connectivity index (χ3n) is 5.45. The van der Waals surface area contributed by atoms with Crippen LogP contribution in [0.3, 0.4) is 0 Å². The van der Waals surface area contributed by atoms with E-state index in [1.807, 2.05) is 0 Å². The number of hydrogen-bond donors (Lipinski definition) is 2. The van der Waals surface area contributed by atoms with Crippen LogP contribution in [0.4, 0.5) is 0 Å². The van der Waals surface area contributed by atoms with Crippen LogP contribution in [0.15, 0.2) is 0 Å². The molecule has 4 heteroatoms. The van der Waals surface area contributed by atoms with Crippen LogP contribution in [0.25, 0.3) is 0 Å². The van der Waals surface area contributed by atoms with Gasteiger partial charge in [-0.05, 0) is 50.6 Å². The normalized spacial score (nSPS) is 35.2. The molecule has 3 N–H and O–H groups in total. The van der Waals surface area contributed by atoms with Gasteiger partial charge in [-0.3, -0.25) is 4.79 Å². The van der Waals surface area contributed by atoms with Gasteiger partial charge in [0.05, 0.1) is 0 Å². The molecule has 122 valence electrons. The molecule has 1 saturated carbocycles. The molecule has 2 aliphatic rings. The fourth-order valence-electron chi connectivity index (χ4n) is 3.88. The number of amides is 1. The van der Waals surface area contributed by atoms with Crippen molar-refractivity contribution in [3.05, 3.63) is 0 Å². The van der Waals surface area contributed by atoms with Crippen molar-refractivity contribution in [1.82, 2.24) is 10.2 Å². The van der Waals surface area contributed by atoms with Gasteiger partial charge in [0, 0.05) is 25.0 Å². The minimum Gasteiger partial charge on any atom is -0.355 e. The predicted molar refractivity (Wildman–Crippen MR) is 86.9 cm³/mol. The first-order valence-corrected chi connectivity index (χ1v) is 8.83. The summed E-state index contributed by atoms with van der Waals surface area (Å²) in [5.74, 6) is 1.33. The molecule has 0 radical (unpaired) electrons. The van der Waals surface area contributed by atoms with Crippen LogP contribution in [0.2, 0.25) is 0 Å². The summed E-state index contributed by atoms with van der Waals surface area (Å²) in [5, 5.41) is 3.15. The molecule has 21 heavy (non-hydrogen) atoms. The number of nitrogens with zero attached hydrogens (tertiary/aromatic N) is 1. The van der Waals surface area contributed by atoms with Crippen molar-refractivity contribution in [2.24, 2.45) is 23.5 Å². The van der Waals surface area contributed by atoms with Crippen LogP contribution >= 0.6 is 0 Å². The largest absolute Gasteiger partial charge is 0.355 e. The van der Waals surface area contributed by atoms with Gasteiger partial charge in [0.25, 0.3) is 0 Å². The molecule has 0 aromatic rings. The predicted octanol–water partition coefficient (Wildman–Crippen LogP) is 1.99. The first-order valence-electron chi connectivity index (χ1n) is 8.83. The van der Waals surface area contributed by atoms with Crippen LogP contribution in [-0.2, 0) is 4.79 Å². The lowest BCUT2D eigenvalue weighted by molar-refractivity contribution is -0.128. The summed E-state index contributed by atoms with van der Waals surface area (Å²) >= 11 is 0. The summed E-state index contributed by atoms with van der Waals surface area (Å²) in [6.45, 7) is 8.56. The van der Waals surface area contributed by atoms with Crippen LogP contribution in [0.5, 0.6) is 0 Å². The van der Waals surface area contributed by atoms with E-state index in [0.717, 1.165) is 25.9 Å². The van der Waals surface area contributed by atoms with Crippen molar-refractivity contribution in [1.29, 1.82) is 0 Å². The molecule has 4 unspecified atom stereocenters. The SMILES string of the molecule is CC1CC(C)C(C(=O)NCCN2CCCCCC2)CC1N. The molecule has 0 bridgehead atoms. The van der Waals surface area contributed by atoms with Gasteiger partial charge >= 0.3 is 0 Å². The van der Waals surface area contributed by atoms with Gasteiger partial charge in [-0.15, -0.1) is 0 Å². The molecule has 2 fully saturated rings. The summed E-state index contributed by atoms with van der Waals surface area (Å²) in [6.07, 6.45) is 7.25. The van der Waals surface area contributed by atoms with Crippen LogP contribution < -0.4 is 11.1 Å². The molecular formula is C17H33N3O. The average molecular weight is 295 g/mol. The van der Waals surface area contributed by atoms with E-state index in [9.17, 15) is 4.79 Å². The summed E-state index contributed by atoms with van der Waals surface area (Å²) in [6, 6.07) is 0.183. The topological polar surface area (TPSA) is 58.4 Å². The van der Waals surface area contributed by atoms with Crippen molar-refractivity contribution in [3.8, 4) is 0 Å². The zero-order valence-corrected chi connectivity index (χ0v) is 13.8. The van der Waals surface area contributed by atoms with E-state index in [1.165, 1.54) is 38.8 Å². The van der Waals surface area contributed by atoms with Gasteiger partial charge in [-0.1, -0.05) is 26.7 Å². The Labute approximate surface area is 129 Å². The number of nitrogens with one attached hydrogen (secondary N) is 1. The van der Waals surface area contributed by atoms with Crippen molar-refractivity contribution in [2.75, 3.05) is 26.2 Å². The van der Waals surface area contributed by atoms with Crippen molar-refractivity contribution in [3.63, 3.8) is 0 Å². The fraction of sp³-hybridized carbons (Fsp3) is 0.941. The number of hydrogen-bond acceptors (Lipinski definition) is 3. The van der Waals surface area contributed by atoms with E-state index < -0.39 is 0 Å². The monoisotopic (exact) mass is 295 g/mol. The smallest absolute Gasteiger partial charge is 0.223 e. The number of nitrogens with two attached hydrogens (primary N) is 1. The van der Waals surface area contributed by atoms with E-state index in [-0.39, 0.29) is 17.9 Å². The highest BCUT2D eigenvalue weighted by molar-refractivity contribution is 5.79. The lowest BCUT2D eigenvalue weighted by atomic mass is 9.72.